The van der Waals surface area contributed by atoms with E-state index in [1.54, 1.807) is 6.20 Å². The van der Waals surface area contributed by atoms with Gasteiger partial charge < -0.3 is 5.73 Å². The summed E-state index contributed by atoms with van der Waals surface area (Å²) in [5.41, 5.74) is 9.54. The van der Waals surface area contributed by atoms with Gasteiger partial charge in [0.05, 0.1) is 33.7 Å². The molecule has 0 radical (unpaired) electrons. The summed E-state index contributed by atoms with van der Waals surface area (Å²) in [5, 5.41) is 2.00. The Hall–Kier alpha value is -2.59. The number of aromatic nitrogens is 5. The summed E-state index contributed by atoms with van der Waals surface area (Å²) in [6.07, 6.45) is 6.12. The van der Waals surface area contributed by atoms with Crippen LogP contribution in [-0.4, -0.2) is 42.9 Å². The Labute approximate surface area is 205 Å². The average molecular weight is 496 g/mol. The van der Waals surface area contributed by atoms with Gasteiger partial charge in [0.25, 0.3) is 0 Å². The summed E-state index contributed by atoms with van der Waals surface area (Å²) in [5.74, 6) is 0.421. The first-order chi connectivity index (χ1) is 16.0. The lowest BCUT2D eigenvalue weighted by atomic mass is 10.3. The zero-order chi connectivity index (χ0) is 22.8. The van der Waals surface area contributed by atoms with Gasteiger partial charge in [0, 0.05) is 17.1 Å². The highest BCUT2D eigenvalue weighted by molar-refractivity contribution is 7.99. The average Bonchev–Trinajstić information content (AvgIpc) is 3.45. The number of anilines is 1. The van der Waals surface area contributed by atoms with Crippen LogP contribution in [0, 0.1) is 6.92 Å². The minimum absolute atomic E-state index is 0.421. The van der Waals surface area contributed by atoms with Crippen molar-refractivity contribution in [2.24, 2.45) is 0 Å². The van der Waals surface area contributed by atoms with Crippen LogP contribution in [0.2, 0.25) is 5.02 Å². The zero-order valence-electron chi connectivity index (χ0n) is 18.0. The number of halogens is 1. The number of rotatable bonds is 6. The van der Waals surface area contributed by atoms with E-state index in [1.165, 1.54) is 35.9 Å². The molecule has 1 aliphatic rings. The molecule has 2 N–H and O–H groups in total. The van der Waals surface area contributed by atoms with Crippen molar-refractivity contribution in [1.29, 1.82) is 0 Å². The molecule has 1 saturated heterocycles. The lowest BCUT2D eigenvalue weighted by Gasteiger charge is -2.13. The molecule has 0 amide bonds. The fraction of sp³-hybridized carbons (Fsp3) is 0.261. The van der Waals surface area contributed by atoms with Crippen LogP contribution in [-0.2, 0) is 6.54 Å². The van der Waals surface area contributed by atoms with Crippen LogP contribution in [0.1, 0.15) is 24.2 Å². The van der Waals surface area contributed by atoms with Gasteiger partial charge in [-0.05, 0) is 62.8 Å². The molecule has 0 spiro atoms. The molecule has 4 heterocycles. The van der Waals surface area contributed by atoms with E-state index in [2.05, 4.69) is 24.8 Å². The summed E-state index contributed by atoms with van der Waals surface area (Å²) in [7, 11) is 0. The Balaban J connectivity index is 1.39. The predicted octanol–water partition coefficient (Wildman–Crippen LogP) is 5.35. The molecule has 1 aliphatic heterocycles. The van der Waals surface area contributed by atoms with Gasteiger partial charge in [-0.3, -0.25) is 14.9 Å². The van der Waals surface area contributed by atoms with E-state index in [0.717, 1.165) is 51.5 Å². The fourth-order valence-electron chi connectivity index (χ4n) is 3.67. The molecule has 0 unspecified atom stereocenters. The molecule has 33 heavy (non-hydrogen) atoms. The van der Waals surface area contributed by atoms with Gasteiger partial charge in [-0.1, -0.05) is 23.7 Å². The third-order valence-electron chi connectivity index (χ3n) is 5.27. The van der Waals surface area contributed by atoms with E-state index in [0.29, 0.717) is 21.7 Å². The van der Waals surface area contributed by atoms with Crippen molar-refractivity contribution in [2.75, 3.05) is 18.8 Å². The number of hydrogen-bond acceptors (Lipinski definition) is 9. The topological polar surface area (TPSA) is 93.7 Å². The van der Waals surface area contributed by atoms with Crippen LogP contribution >= 0.6 is 34.7 Å². The lowest BCUT2D eigenvalue weighted by molar-refractivity contribution is 0.327. The normalized spacial score (nSPS) is 14.1. The molecule has 0 atom stereocenters. The highest BCUT2D eigenvalue weighted by Gasteiger charge is 2.17. The van der Waals surface area contributed by atoms with Crippen molar-refractivity contribution in [3.05, 3.63) is 59.1 Å². The molecule has 1 fully saturated rings. The molecule has 1 aromatic carbocycles. The quantitative estimate of drug-likeness (QED) is 0.358. The van der Waals surface area contributed by atoms with Crippen LogP contribution in [0.15, 0.2) is 52.8 Å². The smallest absolute Gasteiger partial charge is 0.193 e. The van der Waals surface area contributed by atoms with Crippen LogP contribution in [0.5, 0.6) is 0 Å². The fourth-order valence-corrected chi connectivity index (χ4v) is 5.67. The van der Waals surface area contributed by atoms with E-state index >= 15 is 0 Å². The second kappa shape index (κ2) is 9.72. The first-order valence-corrected chi connectivity index (χ1v) is 12.6. The highest BCUT2D eigenvalue weighted by Crippen LogP contribution is 2.37. The summed E-state index contributed by atoms with van der Waals surface area (Å²) in [6, 6.07) is 9.55. The minimum atomic E-state index is 0.421. The zero-order valence-corrected chi connectivity index (χ0v) is 20.4. The molecule has 0 aliphatic carbocycles. The molecule has 10 heteroatoms. The van der Waals surface area contributed by atoms with Crippen molar-refractivity contribution < 1.29 is 0 Å². The number of benzene rings is 1. The molecule has 0 bridgehead atoms. The second-order valence-corrected chi connectivity index (χ2v) is 10.2. The van der Waals surface area contributed by atoms with Gasteiger partial charge in [-0.2, -0.15) is 0 Å². The Morgan fingerprint density at radius 1 is 1.06 bits per heavy atom. The molecule has 0 saturated carbocycles. The SMILES string of the molecule is Cc1cc(-c2sc(-c3cnc(CN4CCCC4)cn3)nc2N)nc(Sc2ccccc2Cl)n1. The summed E-state index contributed by atoms with van der Waals surface area (Å²) in [4.78, 5) is 27.1. The maximum atomic E-state index is 6.31. The highest BCUT2D eigenvalue weighted by atomic mass is 35.5. The Morgan fingerprint density at radius 2 is 1.88 bits per heavy atom. The van der Waals surface area contributed by atoms with E-state index < -0.39 is 0 Å². The Kier molecular flexibility index (Phi) is 6.55. The number of thiazole rings is 1. The maximum Gasteiger partial charge on any atom is 0.193 e. The van der Waals surface area contributed by atoms with Crippen molar-refractivity contribution in [2.45, 2.75) is 36.4 Å². The first kappa shape index (κ1) is 22.2. The number of nitrogen functional groups attached to an aromatic ring is 1. The number of nitrogens with two attached hydrogens (primary N) is 1. The number of aryl methyl sites for hydroxylation is 1. The largest absolute Gasteiger partial charge is 0.382 e. The standard InChI is InChI=1S/C23H22ClN7S2/c1-14-10-17(29-23(28-14)32-19-7-3-2-6-16(19)24)20-21(25)30-22(33-20)18-12-26-15(11-27-18)13-31-8-4-5-9-31/h2-3,6-7,10-12H,4-5,8-9,13,25H2,1H3. The van der Waals surface area contributed by atoms with E-state index in [-0.39, 0.29) is 0 Å². The van der Waals surface area contributed by atoms with E-state index in [9.17, 15) is 0 Å². The van der Waals surface area contributed by atoms with Crippen LogP contribution in [0.3, 0.4) is 0 Å². The molecule has 7 nitrogen and oxygen atoms in total. The van der Waals surface area contributed by atoms with Gasteiger partial charge in [0.1, 0.15) is 16.5 Å². The van der Waals surface area contributed by atoms with Gasteiger partial charge in [-0.25, -0.2) is 15.0 Å². The monoisotopic (exact) mass is 495 g/mol. The van der Waals surface area contributed by atoms with Crippen LogP contribution < -0.4 is 5.73 Å². The van der Waals surface area contributed by atoms with Gasteiger partial charge in [0.2, 0.25) is 0 Å². The lowest BCUT2D eigenvalue weighted by Crippen LogP contribution is -2.19. The third-order valence-corrected chi connectivity index (χ3v) is 7.77. The minimum Gasteiger partial charge on any atom is -0.382 e. The molecule has 3 aromatic heterocycles. The molecule has 168 valence electrons. The summed E-state index contributed by atoms with van der Waals surface area (Å²) >= 11 is 9.19. The molecular weight excluding hydrogens is 474 g/mol. The van der Waals surface area contributed by atoms with E-state index in [4.69, 9.17) is 22.3 Å². The van der Waals surface area contributed by atoms with Crippen LogP contribution in [0.25, 0.3) is 21.3 Å². The number of likely N-dealkylation sites (tertiary alicyclic amines) is 1. The molecular formula is C23H22ClN7S2. The maximum absolute atomic E-state index is 6.31. The van der Waals surface area contributed by atoms with Crippen LogP contribution in [0.4, 0.5) is 5.82 Å². The van der Waals surface area contributed by atoms with Gasteiger partial charge >= 0.3 is 0 Å². The van der Waals surface area contributed by atoms with Gasteiger partial charge in [-0.15, -0.1) is 11.3 Å². The third kappa shape index (κ3) is 5.16. The molecule has 5 rings (SSSR count). The van der Waals surface area contributed by atoms with E-state index in [1.807, 2.05) is 43.5 Å². The Morgan fingerprint density at radius 3 is 2.64 bits per heavy atom. The second-order valence-electron chi connectivity index (χ2n) is 7.82. The van der Waals surface area contributed by atoms with Gasteiger partial charge in [0.15, 0.2) is 5.16 Å². The number of hydrogen-bond donors (Lipinski definition) is 1. The first-order valence-electron chi connectivity index (χ1n) is 10.6. The van der Waals surface area contributed by atoms with Crippen molar-refractivity contribution in [3.8, 4) is 21.3 Å². The Bertz CT molecular complexity index is 1270. The van der Waals surface area contributed by atoms with Crippen molar-refractivity contribution in [1.82, 2.24) is 29.8 Å². The molecule has 4 aromatic rings. The summed E-state index contributed by atoms with van der Waals surface area (Å²) < 4.78 is 0. The van der Waals surface area contributed by atoms with Crippen molar-refractivity contribution >= 4 is 40.5 Å². The number of nitrogens with zero attached hydrogens (tertiary/aromatic N) is 6. The van der Waals surface area contributed by atoms with Crippen molar-refractivity contribution in [3.63, 3.8) is 0 Å². The summed E-state index contributed by atoms with van der Waals surface area (Å²) in [6.45, 7) is 5.03. The predicted molar refractivity (Wildman–Crippen MR) is 133 cm³/mol.